The first-order valence-corrected chi connectivity index (χ1v) is 13.6. The maximum absolute atomic E-state index is 11.8. The number of allylic oxidation sites excluding steroid dienone is 2. The van der Waals surface area contributed by atoms with Crippen molar-refractivity contribution in [2.45, 2.75) is 91.6 Å². The Labute approximate surface area is 187 Å². The fourth-order valence-corrected chi connectivity index (χ4v) is 8.26. The first-order chi connectivity index (χ1) is 14.3. The molecule has 4 rings (SSSR count). The molecule has 4 aliphatic carbocycles. The van der Waals surface area contributed by atoms with Gasteiger partial charge in [0, 0.05) is 12.3 Å². The maximum Gasteiger partial charge on any atom is 0.303 e. The van der Waals surface area contributed by atoms with Crippen molar-refractivity contribution < 1.29 is 17.9 Å². The molecule has 0 aromatic rings. The molecule has 0 saturated heterocycles. The smallest absolute Gasteiger partial charge is 0.303 e. The minimum absolute atomic E-state index is 0.0488. The van der Waals surface area contributed by atoms with Crippen LogP contribution in [-0.4, -0.2) is 32.0 Å². The summed E-state index contributed by atoms with van der Waals surface area (Å²) in [5.41, 5.74) is 3.41. The monoisotopic (exact) mass is 450 g/mol. The van der Waals surface area contributed by atoms with E-state index in [1.54, 1.807) is 0 Å². The Bertz CT molecular complexity index is 955. The van der Waals surface area contributed by atoms with Crippen molar-refractivity contribution in [1.29, 1.82) is 0 Å². The lowest BCUT2D eigenvalue weighted by Crippen LogP contribution is -2.55. The number of sulfonamides is 1. The molecule has 0 aromatic carbocycles. The van der Waals surface area contributed by atoms with Crippen molar-refractivity contribution in [3.63, 3.8) is 0 Å². The van der Waals surface area contributed by atoms with Gasteiger partial charge in [0.15, 0.2) is 0 Å². The molecule has 3 fully saturated rings. The summed E-state index contributed by atoms with van der Waals surface area (Å²) in [5, 5.41) is 4.24. The lowest BCUT2D eigenvalue weighted by molar-refractivity contribution is -0.177. The van der Waals surface area contributed by atoms with Crippen LogP contribution in [0.3, 0.4) is 0 Å². The number of hydrogen-bond acceptors (Lipinski definition) is 5. The summed E-state index contributed by atoms with van der Waals surface area (Å²) in [6.07, 6.45) is 9.55. The van der Waals surface area contributed by atoms with Gasteiger partial charge in [-0.3, -0.25) is 4.79 Å². The highest BCUT2D eigenvalue weighted by Crippen LogP contribution is 2.68. The van der Waals surface area contributed by atoms with E-state index in [1.807, 2.05) is 0 Å². The third-order valence-corrected chi connectivity index (χ3v) is 10.1. The van der Waals surface area contributed by atoms with Gasteiger partial charge in [0.25, 0.3) is 0 Å². The summed E-state index contributed by atoms with van der Waals surface area (Å²) in [7, 11) is -3.34. The Morgan fingerprint density at radius 1 is 1.06 bits per heavy atom. The van der Waals surface area contributed by atoms with Crippen LogP contribution >= 0.6 is 0 Å². The summed E-state index contributed by atoms with van der Waals surface area (Å²) in [5.74, 6) is 1.72. The van der Waals surface area contributed by atoms with Gasteiger partial charge in [0.2, 0.25) is 10.0 Å². The number of carbonyl (C=O) groups is 1. The average molecular weight is 451 g/mol. The molecule has 0 heterocycles. The molecule has 6 atom stereocenters. The van der Waals surface area contributed by atoms with Crippen LogP contribution in [0.1, 0.15) is 86.0 Å². The Balaban J connectivity index is 1.63. The van der Waals surface area contributed by atoms with E-state index in [4.69, 9.17) is 4.74 Å². The number of esters is 1. The Hall–Kier alpha value is -1.37. The molecule has 1 N–H and O–H groups in total. The number of fused-ring (bicyclic) bond motifs is 5. The van der Waals surface area contributed by atoms with Crippen LogP contribution < -0.4 is 4.83 Å². The fourth-order valence-electron chi connectivity index (χ4n) is 7.98. The molecule has 0 unspecified atom stereocenters. The van der Waals surface area contributed by atoms with Gasteiger partial charge in [-0.15, -0.1) is 0 Å². The molecule has 0 bridgehead atoms. The molecular formula is C24H38N2O4S. The number of ether oxygens (including phenoxy) is 1. The summed E-state index contributed by atoms with van der Waals surface area (Å²) >= 11 is 0. The van der Waals surface area contributed by atoms with Crippen LogP contribution in [-0.2, 0) is 19.6 Å². The quantitative estimate of drug-likeness (QED) is 0.504. The van der Waals surface area contributed by atoms with Crippen LogP contribution in [0.2, 0.25) is 0 Å². The molecule has 0 radical (unpaired) electrons. The molecule has 174 valence electrons. The molecule has 0 spiro atoms. The lowest BCUT2D eigenvalue weighted by atomic mass is 9.46. The van der Waals surface area contributed by atoms with E-state index < -0.39 is 10.0 Å². The predicted octanol–water partition coefficient (Wildman–Crippen LogP) is 4.57. The SMILES string of the molecule is CC(=O)O[C@@]1(C)CC[C@H]2[C@@H]3CCC4=C(C)/C(=N/NS(C)(=O)=O)CC[C@]4(C)[C@H]3CC[C@@]21C. The van der Waals surface area contributed by atoms with E-state index in [9.17, 15) is 13.2 Å². The largest absolute Gasteiger partial charge is 0.459 e. The number of carbonyl (C=O) groups excluding carboxylic acids is 1. The second-order valence-corrected chi connectivity index (χ2v) is 12.9. The zero-order valence-corrected chi connectivity index (χ0v) is 20.7. The Kier molecular flexibility index (Phi) is 5.39. The Morgan fingerprint density at radius 2 is 1.74 bits per heavy atom. The van der Waals surface area contributed by atoms with Crippen molar-refractivity contribution >= 4 is 21.7 Å². The van der Waals surface area contributed by atoms with Gasteiger partial charge in [0.05, 0.1) is 12.0 Å². The molecule has 0 aliphatic heterocycles. The zero-order chi connectivity index (χ0) is 22.8. The van der Waals surface area contributed by atoms with Crippen LogP contribution in [0.15, 0.2) is 16.2 Å². The third-order valence-electron chi connectivity index (χ3n) is 9.68. The maximum atomic E-state index is 11.8. The van der Waals surface area contributed by atoms with E-state index in [1.165, 1.54) is 18.1 Å². The molecule has 7 heteroatoms. The van der Waals surface area contributed by atoms with Gasteiger partial charge in [-0.1, -0.05) is 19.4 Å². The minimum Gasteiger partial charge on any atom is -0.459 e. The van der Waals surface area contributed by atoms with Crippen LogP contribution in [0.4, 0.5) is 0 Å². The number of hydrazone groups is 1. The van der Waals surface area contributed by atoms with E-state index in [2.05, 4.69) is 37.6 Å². The van der Waals surface area contributed by atoms with E-state index in [0.29, 0.717) is 17.8 Å². The van der Waals surface area contributed by atoms with Crippen molar-refractivity contribution in [2.24, 2.45) is 33.7 Å². The first-order valence-electron chi connectivity index (χ1n) is 11.7. The molecule has 4 aliphatic rings. The molecule has 3 saturated carbocycles. The van der Waals surface area contributed by atoms with Gasteiger partial charge in [-0.25, -0.2) is 13.2 Å². The molecule has 6 nitrogen and oxygen atoms in total. The van der Waals surface area contributed by atoms with Crippen molar-refractivity contribution in [2.75, 3.05) is 6.26 Å². The summed E-state index contributed by atoms with van der Waals surface area (Å²) in [6, 6.07) is 0. The number of nitrogens with one attached hydrogen (secondary N) is 1. The molecule has 31 heavy (non-hydrogen) atoms. The van der Waals surface area contributed by atoms with Gasteiger partial charge in [-0.05, 0) is 94.0 Å². The van der Waals surface area contributed by atoms with Crippen LogP contribution in [0, 0.1) is 28.6 Å². The Morgan fingerprint density at radius 3 is 2.39 bits per heavy atom. The number of nitrogens with zero attached hydrogens (tertiary/aromatic N) is 1. The average Bonchev–Trinajstić information content (AvgIpc) is 2.90. The molecule has 0 aromatic heterocycles. The predicted molar refractivity (Wildman–Crippen MR) is 122 cm³/mol. The van der Waals surface area contributed by atoms with Crippen molar-refractivity contribution in [3.05, 3.63) is 11.1 Å². The summed E-state index contributed by atoms with van der Waals surface area (Å²) in [4.78, 5) is 14.2. The highest BCUT2D eigenvalue weighted by Gasteiger charge is 2.64. The number of rotatable bonds is 3. The van der Waals surface area contributed by atoms with Crippen molar-refractivity contribution in [1.82, 2.24) is 4.83 Å². The third kappa shape index (κ3) is 3.55. The minimum atomic E-state index is -3.34. The normalized spacial score (nSPS) is 43.8. The topological polar surface area (TPSA) is 84.8 Å². The van der Waals surface area contributed by atoms with Gasteiger partial charge in [-0.2, -0.15) is 5.10 Å². The van der Waals surface area contributed by atoms with Gasteiger partial charge >= 0.3 is 5.97 Å². The van der Waals surface area contributed by atoms with Gasteiger partial charge in [0.1, 0.15) is 5.60 Å². The highest BCUT2D eigenvalue weighted by molar-refractivity contribution is 7.88. The summed E-state index contributed by atoms with van der Waals surface area (Å²) < 4.78 is 29.0. The zero-order valence-electron chi connectivity index (χ0n) is 19.9. The number of hydrogen-bond donors (Lipinski definition) is 1. The van der Waals surface area contributed by atoms with Crippen molar-refractivity contribution in [3.8, 4) is 0 Å². The molecule has 0 amide bonds. The fraction of sp³-hybridized carbons (Fsp3) is 0.833. The second-order valence-electron chi connectivity index (χ2n) is 11.2. The standard InChI is InChI=1S/C24H38N2O4S/c1-15-18-8-7-17-19(22(18,3)12-11-21(15)25-26-31(6,28)29)9-13-23(4)20(17)10-14-24(23,5)30-16(2)27/h17,19-20,26H,7-14H2,1-6H3/b25-21+/t17-,19+,20+,22+,23+,24+/m1/s1. The highest BCUT2D eigenvalue weighted by atomic mass is 32.2. The summed E-state index contributed by atoms with van der Waals surface area (Å²) in [6.45, 7) is 10.6. The van der Waals surface area contributed by atoms with E-state index in [-0.39, 0.29) is 22.4 Å². The molecular weight excluding hydrogens is 412 g/mol. The van der Waals surface area contributed by atoms with Crippen LogP contribution in [0.25, 0.3) is 0 Å². The van der Waals surface area contributed by atoms with E-state index >= 15 is 0 Å². The van der Waals surface area contributed by atoms with Gasteiger partial charge < -0.3 is 4.74 Å². The lowest BCUT2D eigenvalue weighted by Gasteiger charge is -2.59. The van der Waals surface area contributed by atoms with Crippen LogP contribution in [0.5, 0.6) is 0 Å². The first kappa shape index (κ1) is 22.8. The van der Waals surface area contributed by atoms with E-state index in [0.717, 1.165) is 63.3 Å². The second kappa shape index (κ2) is 7.32.